The van der Waals surface area contributed by atoms with Crippen LogP contribution in [0.25, 0.3) is 0 Å². The van der Waals surface area contributed by atoms with Crippen LogP contribution in [0.1, 0.15) is 43.4 Å². The van der Waals surface area contributed by atoms with Gasteiger partial charge in [0.15, 0.2) is 5.96 Å². The van der Waals surface area contributed by atoms with Gasteiger partial charge in [0.05, 0.1) is 0 Å². The molecule has 1 aromatic rings. The largest absolute Gasteiger partial charge is 0.356 e. The normalized spacial score (nSPS) is 17.9. The number of likely N-dealkylation sites (N-methyl/N-ethyl adjacent to an activating group) is 1. The van der Waals surface area contributed by atoms with Crippen LogP contribution < -0.4 is 10.6 Å². The second-order valence-electron chi connectivity index (χ2n) is 6.22. The Morgan fingerprint density at radius 2 is 2.18 bits per heavy atom. The van der Waals surface area contributed by atoms with Crippen molar-refractivity contribution in [2.45, 2.75) is 44.6 Å². The quantitative estimate of drug-likeness (QED) is 0.599. The molecule has 5 heteroatoms. The van der Waals surface area contributed by atoms with Gasteiger partial charge in [-0.2, -0.15) is 0 Å². The Kier molecular flexibility index (Phi) is 7.19. The molecule has 1 atom stereocenters. The Balaban J connectivity index is 1.64. The van der Waals surface area contributed by atoms with E-state index in [2.05, 4.69) is 52.0 Å². The van der Waals surface area contributed by atoms with Gasteiger partial charge in [-0.1, -0.05) is 25.8 Å². The lowest BCUT2D eigenvalue weighted by atomic mass is 10.1. The number of hydrogen-bond acceptors (Lipinski definition) is 3. The summed E-state index contributed by atoms with van der Waals surface area (Å²) in [5.41, 5.74) is 0. The first-order chi connectivity index (χ1) is 10.7. The summed E-state index contributed by atoms with van der Waals surface area (Å²) in [4.78, 5) is 8.22. The van der Waals surface area contributed by atoms with Gasteiger partial charge in [-0.25, -0.2) is 0 Å². The molecular formula is C17H30N4S. The molecule has 0 spiro atoms. The van der Waals surface area contributed by atoms with Crippen molar-refractivity contribution in [3.8, 4) is 0 Å². The summed E-state index contributed by atoms with van der Waals surface area (Å²) in [6.07, 6.45) is 5.52. The van der Waals surface area contributed by atoms with Gasteiger partial charge in [0.1, 0.15) is 0 Å². The zero-order chi connectivity index (χ0) is 15.8. The van der Waals surface area contributed by atoms with E-state index in [-0.39, 0.29) is 0 Å². The number of hydrogen-bond donors (Lipinski definition) is 2. The molecule has 1 heterocycles. The smallest absolute Gasteiger partial charge is 0.191 e. The van der Waals surface area contributed by atoms with Gasteiger partial charge in [-0.05, 0) is 31.3 Å². The highest BCUT2D eigenvalue weighted by molar-refractivity contribution is 7.10. The number of rotatable bonds is 7. The van der Waals surface area contributed by atoms with Crippen LogP contribution in [0.3, 0.4) is 0 Å². The van der Waals surface area contributed by atoms with Crippen molar-refractivity contribution in [1.29, 1.82) is 0 Å². The van der Waals surface area contributed by atoms with Crippen molar-refractivity contribution in [1.82, 2.24) is 15.5 Å². The number of thiophene rings is 1. The summed E-state index contributed by atoms with van der Waals surface area (Å²) in [5.74, 6) is 1.42. The molecule has 0 bridgehead atoms. The highest BCUT2D eigenvalue weighted by atomic mass is 32.1. The molecule has 0 saturated heterocycles. The van der Waals surface area contributed by atoms with Crippen LogP contribution in [0.2, 0.25) is 0 Å². The van der Waals surface area contributed by atoms with E-state index >= 15 is 0 Å². The van der Waals surface area contributed by atoms with Gasteiger partial charge < -0.3 is 15.5 Å². The summed E-state index contributed by atoms with van der Waals surface area (Å²) in [6, 6.07) is 5.10. The third kappa shape index (κ3) is 5.29. The maximum absolute atomic E-state index is 4.32. The first-order valence-corrected chi connectivity index (χ1v) is 9.27. The zero-order valence-corrected chi connectivity index (χ0v) is 15.0. The monoisotopic (exact) mass is 322 g/mol. The molecular weight excluding hydrogens is 292 g/mol. The standard InChI is InChI=1S/C17H30N4S/c1-14(16-9-6-12-22-16)13-20-17(18-2)19-10-11-21(3)15-7-4-5-8-15/h6,9,12,14-15H,4-5,7-8,10-11,13H2,1-3H3,(H2,18,19,20). The van der Waals surface area contributed by atoms with Crippen LogP contribution in [-0.4, -0.2) is 50.6 Å². The van der Waals surface area contributed by atoms with E-state index in [1.165, 1.54) is 30.6 Å². The minimum absolute atomic E-state index is 0.514. The maximum Gasteiger partial charge on any atom is 0.191 e. The zero-order valence-electron chi connectivity index (χ0n) is 14.1. The van der Waals surface area contributed by atoms with Crippen molar-refractivity contribution in [3.63, 3.8) is 0 Å². The molecule has 1 aliphatic carbocycles. The molecule has 22 heavy (non-hydrogen) atoms. The van der Waals surface area contributed by atoms with Crippen molar-refractivity contribution in [2.24, 2.45) is 4.99 Å². The van der Waals surface area contributed by atoms with Crippen molar-refractivity contribution < 1.29 is 0 Å². The van der Waals surface area contributed by atoms with Gasteiger partial charge in [0.25, 0.3) is 0 Å². The van der Waals surface area contributed by atoms with E-state index in [1.54, 1.807) is 0 Å². The maximum atomic E-state index is 4.32. The molecule has 1 unspecified atom stereocenters. The molecule has 0 amide bonds. The van der Waals surface area contributed by atoms with Crippen LogP contribution >= 0.6 is 11.3 Å². The van der Waals surface area contributed by atoms with Crippen molar-refractivity contribution >= 4 is 17.3 Å². The second-order valence-corrected chi connectivity index (χ2v) is 7.19. The fourth-order valence-electron chi connectivity index (χ4n) is 3.02. The minimum Gasteiger partial charge on any atom is -0.356 e. The number of nitrogens with one attached hydrogen (secondary N) is 2. The molecule has 0 radical (unpaired) electrons. The Bertz CT molecular complexity index is 438. The molecule has 1 saturated carbocycles. The van der Waals surface area contributed by atoms with Gasteiger partial charge >= 0.3 is 0 Å². The highest BCUT2D eigenvalue weighted by Crippen LogP contribution is 2.22. The van der Waals surface area contributed by atoms with Crippen LogP contribution in [-0.2, 0) is 0 Å². The average molecular weight is 323 g/mol. The van der Waals surface area contributed by atoms with Crippen LogP contribution in [0, 0.1) is 0 Å². The Labute approximate surface area is 139 Å². The lowest BCUT2D eigenvalue weighted by molar-refractivity contribution is 0.249. The molecule has 4 nitrogen and oxygen atoms in total. The van der Waals surface area contributed by atoms with Crippen molar-refractivity contribution in [2.75, 3.05) is 33.7 Å². The molecule has 124 valence electrons. The SMILES string of the molecule is CN=C(NCCN(C)C1CCCC1)NCC(C)c1cccs1. The summed E-state index contributed by atoms with van der Waals surface area (Å²) in [5, 5.41) is 8.99. The van der Waals surface area contributed by atoms with Crippen molar-refractivity contribution in [3.05, 3.63) is 22.4 Å². The Morgan fingerprint density at radius 1 is 1.41 bits per heavy atom. The number of nitrogens with zero attached hydrogens (tertiary/aromatic N) is 2. The third-order valence-electron chi connectivity index (χ3n) is 4.53. The third-order valence-corrected chi connectivity index (χ3v) is 5.64. The van der Waals surface area contributed by atoms with Gasteiger partial charge in [0, 0.05) is 43.5 Å². The highest BCUT2D eigenvalue weighted by Gasteiger charge is 2.18. The molecule has 0 aliphatic heterocycles. The van der Waals surface area contributed by atoms with Gasteiger partial charge in [-0.15, -0.1) is 11.3 Å². The Hall–Kier alpha value is -1.07. The van der Waals surface area contributed by atoms with E-state index in [0.717, 1.165) is 31.6 Å². The summed E-state index contributed by atoms with van der Waals surface area (Å²) in [6.45, 7) is 5.19. The molecule has 1 aromatic heterocycles. The fraction of sp³-hybridized carbons (Fsp3) is 0.706. The molecule has 2 rings (SSSR count). The van der Waals surface area contributed by atoms with E-state index in [1.807, 2.05) is 18.4 Å². The second kappa shape index (κ2) is 9.16. The lowest BCUT2D eigenvalue weighted by Gasteiger charge is -2.24. The van der Waals surface area contributed by atoms with E-state index in [9.17, 15) is 0 Å². The summed E-state index contributed by atoms with van der Waals surface area (Å²) >= 11 is 1.82. The van der Waals surface area contributed by atoms with Crippen LogP contribution in [0.4, 0.5) is 0 Å². The first-order valence-electron chi connectivity index (χ1n) is 8.39. The van der Waals surface area contributed by atoms with E-state index in [4.69, 9.17) is 0 Å². The summed E-state index contributed by atoms with van der Waals surface area (Å²) < 4.78 is 0. The first kappa shape index (κ1) is 17.3. The summed E-state index contributed by atoms with van der Waals surface area (Å²) in [7, 11) is 4.08. The molecule has 1 aliphatic rings. The number of guanidine groups is 1. The molecule has 1 fully saturated rings. The van der Waals surface area contributed by atoms with Gasteiger partial charge in [0.2, 0.25) is 0 Å². The van der Waals surface area contributed by atoms with Crippen LogP contribution in [0.15, 0.2) is 22.5 Å². The fourth-order valence-corrected chi connectivity index (χ4v) is 3.81. The molecule has 0 aromatic carbocycles. The van der Waals surface area contributed by atoms with Crippen LogP contribution in [0.5, 0.6) is 0 Å². The number of aliphatic imine (C=N–C) groups is 1. The minimum atomic E-state index is 0.514. The lowest BCUT2D eigenvalue weighted by Crippen LogP contribution is -2.43. The Morgan fingerprint density at radius 3 is 2.82 bits per heavy atom. The average Bonchev–Trinajstić information content (AvgIpc) is 3.23. The molecule has 2 N–H and O–H groups in total. The van der Waals surface area contributed by atoms with E-state index in [0.29, 0.717) is 5.92 Å². The topological polar surface area (TPSA) is 39.7 Å². The predicted octanol–water partition coefficient (Wildman–Crippen LogP) is 2.89. The van der Waals surface area contributed by atoms with E-state index < -0.39 is 0 Å². The predicted molar refractivity (Wildman–Crippen MR) is 97.0 cm³/mol. The van der Waals surface area contributed by atoms with Gasteiger partial charge in [-0.3, -0.25) is 4.99 Å².